The topological polar surface area (TPSA) is 42.2 Å². The molecule has 0 atom stereocenters. The molecule has 0 aliphatic heterocycles. The third kappa shape index (κ3) is 1.45. The highest BCUT2D eigenvalue weighted by atomic mass is 16.3. The van der Waals surface area contributed by atoms with E-state index >= 15 is 0 Å². The van der Waals surface area contributed by atoms with E-state index in [1.165, 1.54) is 6.26 Å². The van der Waals surface area contributed by atoms with Crippen molar-refractivity contribution in [3.63, 3.8) is 0 Å². The molecule has 0 radical (unpaired) electrons. The van der Waals surface area contributed by atoms with Crippen LogP contribution in [0.15, 0.2) is 22.8 Å². The summed E-state index contributed by atoms with van der Waals surface area (Å²) in [7, 11) is 1.72. The number of furan rings is 1. The van der Waals surface area contributed by atoms with E-state index in [0.717, 1.165) is 0 Å². The van der Waals surface area contributed by atoms with Crippen LogP contribution in [0.1, 0.15) is 10.6 Å². The van der Waals surface area contributed by atoms with Crippen molar-refractivity contribution in [3.05, 3.63) is 24.2 Å². The predicted molar refractivity (Wildman–Crippen MR) is 37.0 cm³/mol. The summed E-state index contributed by atoms with van der Waals surface area (Å²) < 4.78 is 4.86. The van der Waals surface area contributed by atoms with Crippen LogP contribution < -0.4 is 5.32 Å². The van der Waals surface area contributed by atoms with Gasteiger partial charge in [0, 0.05) is 0 Å². The van der Waals surface area contributed by atoms with Gasteiger partial charge in [-0.25, -0.2) is 0 Å². The van der Waals surface area contributed by atoms with Gasteiger partial charge in [-0.1, -0.05) is 0 Å². The molecule has 0 bridgehead atoms. The summed E-state index contributed by atoms with van der Waals surface area (Å²) >= 11 is 0. The smallest absolute Gasteiger partial charge is 0.211 e. The highest BCUT2D eigenvalue weighted by molar-refractivity contribution is 5.94. The van der Waals surface area contributed by atoms with E-state index < -0.39 is 0 Å². The van der Waals surface area contributed by atoms with Gasteiger partial charge in [0.15, 0.2) is 5.76 Å². The van der Waals surface area contributed by atoms with Gasteiger partial charge in [0.25, 0.3) is 0 Å². The number of hydrogen-bond donors (Lipinski definition) is 1. The largest absolute Gasteiger partial charge is 0.461 e. The van der Waals surface area contributed by atoms with Gasteiger partial charge in [-0.15, -0.1) is 0 Å². The second-order valence-electron chi connectivity index (χ2n) is 1.93. The molecule has 0 saturated carbocycles. The number of hydrogen-bond acceptors (Lipinski definition) is 3. The Morgan fingerprint density at radius 1 is 1.80 bits per heavy atom. The van der Waals surface area contributed by atoms with Crippen LogP contribution in [0, 0.1) is 0 Å². The molecule has 0 amide bonds. The predicted octanol–water partition coefficient (Wildman–Crippen LogP) is 0.682. The standard InChI is InChI=1S/C7H9NO2/c1-8-5-6(9)7-3-2-4-10-7/h2-4,8H,5H2,1H3. The minimum atomic E-state index is -0.0208. The van der Waals surface area contributed by atoms with Crippen LogP contribution in [0.4, 0.5) is 0 Å². The Hall–Kier alpha value is -1.09. The number of nitrogens with one attached hydrogen (secondary N) is 1. The molecule has 1 heterocycles. The minimum Gasteiger partial charge on any atom is -0.461 e. The van der Waals surface area contributed by atoms with Crippen molar-refractivity contribution in [2.75, 3.05) is 13.6 Å². The Balaban J connectivity index is 2.59. The normalized spacial score (nSPS) is 9.70. The first kappa shape index (κ1) is 7.02. The molecule has 3 heteroatoms. The molecule has 0 saturated heterocycles. The molecular formula is C7H9NO2. The number of carbonyl (C=O) groups is 1. The second-order valence-corrected chi connectivity index (χ2v) is 1.93. The third-order valence-electron chi connectivity index (χ3n) is 1.13. The minimum absolute atomic E-state index is 0.0208. The zero-order valence-corrected chi connectivity index (χ0v) is 5.76. The summed E-state index contributed by atoms with van der Waals surface area (Å²) in [5.74, 6) is 0.391. The van der Waals surface area contributed by atoms with E-state index in [4.69, 9.17) is 4.42 Å². The van der Waals surface area contributed by atoms with Crippen LogP contribution in [-0.4, -0.2) is 19.4 Å². The fraction of sp³-hybridized carbons (Fsp3) is 0.286. The number of Topliss-reactive ketones (excluding diaryl/α,β-unsaturated/α-hetero) is 1. The zero-order valence-electron chi connectivity index (χ0n) is 5.76. The molecule has 0 aromatic carbocycles. The maximum Gasteiger partial charge on any atom is 0.211 e. The summed E-state index contributed by atoms with van der Waals surface area (Å²) in [4.78, 5) is 10.9. The van der Waals surface area contributed by atoms with Crippen LogP contribution in [0.5, 0.6) is 0 Å². The zero-order chi connectivity index (χ0) is 7.40. The fourth-order valence-electron chi connectivity index (χ4n) is 0.685. The van der Waals surface area contributed by atoms with Crippen LogP contribution in [0.25, 0.3) is 0 Å². The van der Waals surface area contributed by atoms with E-state index in [1.54, 1.807) is 19.2 Å². The Bertz CT molecular complexity index is 203. The van der Waals surface area contributed by atoms with Crippen LogP contribution in [0.2, 0.25) is 0 Å². The van der Waals surface area contributed by atoms with Gasteiger partial charge in [0.05, 0.1) is 12.8 Å². The van der Waals surface area contributed by atoms with E-state index in [1.807, 2.05) is 0 Å². The summed E-state index contributed by atoms with van der Waals surface area (Å²) in [5, 5.41) is 2.75. The van der Waals surface area contributed by atoms with Gasteiger partial charge in [-0.2, -0.15) is 0 Å². The van der Waals surface area contributed by atoms with Crippen LogP contribution in [0.3, 0.4) is 0 Å². The Labute approximate surface area is 59.0 Å². The van der Waals surface area contributed by atoms with Gasteiger partial charge in [-0.05, 0) is 19.2 Å². The molecule has 0 aliphatic rings. The Morgan fingerprint density at radius 2 is 2.60 bits per heavy atom. The number of ketones is 1. The summed E-state index contributed by atoms with van der Waals surface area (Å²) in [6.45, 7) is 0.327. The molecule has 1 aromatic rings. The number of carbonyl (C=O) groups excluding carboxylic acids is 1. The van der Waals surface area contributed by atoms with E-state index in [0.29, 0.717) is 12.3 Å². The lowest BCUT2D eigenvalue weighted by Gasteiger charge is -1.92. The Morgan fingerprint density at radius 3 is 3.10 bits per heavy atom. The average molecular weight is 139 g/mol. The lowest BCUT2D eigenvalue weighted by molar-refractivity contribution is 0.0967. The molecule has 10 heavy (non-hydrogen) atoms. The van der Waals surface area contributed by atoms with Crippen molar-refractivity contribution >= 4 is 5.78 Å². The average Bonchev–Trinajstić information content (AvgIpc) is 2.38. The van der Waals surface area contributed by atoms with Crippen molar-refractivity contribution in [3.8, 4) is 0 Å². The molecule has 0 spiro atoms. The molecule has 1 aromatic heterocycles. The number of rotatable bonds is 3. The van der Waals surface area contributed by atoms with Gasteiger partial charge < -0.3 is 9.73 Å². The first-order valence-electron chi connectivity index (χ1n) is 3.06. The monoisotopic (exact) mass is 139 g/mol. The highest BCUT2D eigenvalue weighted by Gasteiger charge is 2.05. The van der Waals surface area contributed by atoms with Crippen LogP contribution in [-0.2, 0) is 0 Å². The second kappa shape index (κ2) is 3.17. The van der Waals surface area contributed by atoms with Crippen molar-refractivity contribution in [1.29, 1.82) is 0 Å². The maximum absolute atomic E-state index is 10.9. The maximum atomic E-state index is 10.9. The lowest BCUT2D eigenvalue weighted by atomic mass is 10.3. The molecule has 54 valence electrons. The van der Waals surface area contributed by atoms with Gasteiger partial charge >= 0.3 is 0 Å². The Kier molecular flexibility index (Phi) is 2.23. The molecule has 0 fully saturated rings. The molecule has 3 nitrogen and oxygen atoms in total. The van der Waals surface area contributed by atoms with Crippen molar-refractivity contribution in [2.24, 2.45) is 0 Å². The highest BCUT2D eigenvalue weighted by Crippen LogP contribution is 1.99. The molecule has 1 rings (SSSR count). The van der Waals surface area contributed by atoms with Gasteiger partial charge in [0.2, 0.25) is 5.78 Å². The molecule has 0 unspecified atom stereocenters. The van der Waals surface area contributed by atoms with Crippen LogP contribution >= 0.6 is 0 Å². The summed E-state index contributed by atoms with van der Waals surface area (Å²) in [5.41, 5.74) is 0. The van der Waals surface area contributed by atoms with E-state index in [-0.39, 0.29) is 5.78 Å². The van der Waals surface area contributed by atoms with Crippen molar-refractivity contribution in [2.45, 2.75) is 0 Å². The summed E-state index contributed by atoms with van der Waals surface area (Å²) in [6.07, 6.45) is 1.49. The number of likely N-dealkylation sites (N-methyl/N-ethyl adjacent to an activating group) is 1. The van der Waals surface area contributed by atoms with Gasteiger partial charge in [0.1, 0.15) is 0 Å². The third-order valence-corrected chi connectivity index (χ3v) is 1.13. The van der Waals surface area contributed by atoms with Gasteiger partial charge in [-0.3, -0.25) is 4.79 Å². The SMILES string of the molecule is CNCC(=O)c1ccco1. The van der Waals surface area contributed by atoms with Crippen molar-refractivity contribution < 1.29 is 9.21 Å². The lowest BCUT2D eigenvalue weighted by Crippen LogP contribution is -2.17. The molecule has 0 aliphatic carbocycles. The van der Waals surface area contributed by atoms with E-state index in [9.17, 15) is 4.79 Å². The molecular weight excluding hydrogens is 130 g/mol. The first-order chi connectivity index (χ1) is 4.84. The fourth-order valence-corrected chi connectivity index (χ4v) is 0.685. The first-order valence-corrected chi connectivity index (χ1v) is 3.06. The van der Waals surface area contributed by atoms with Crippen molar-refractivity contribution in [1.82, 2.24) is 5.32 Å². The molecule has 1 N–H and O–H groups in total. The van der Waals surface area contributed by atoms with E-state index in [2.05, 4.69) is 5.32 Å². The summed E-state index contributed by atoms with van der Waals surface area (Å²) in [6, 6.07) is 3.35. The quantitative estimate of drug-likeness (QED) is 0.626.